The summed E-state index contributed by atoms with van der Waals surface area (Å²) in [5.74, 6) is 3.42. The fourth-order valence-electron chi connectivity index (χ4n) is 2.77. The number of guanidine groups is 1. The Labute approximate surface area is 188 Å². The topological polar surface area (TPSA) is 64.1 Å². The van der Waals surface area contributed by atoms with E-state index in [9.17, 15) is 0 Å². The monoisotopic (exact) mass is 519 g/mol. The summed E-state index contributed by atoms with van der Waals surface area (Å²) in [6.07, 6.45) is 0.733. The standard InChI is InChI=1S/C20H29N3O3S.HI/c1-14(15-7-9-27-13-15)12-23-20(21-2)22-8-6-17-18(25-4)10-16(24-3)11-19(17)26-5;/h7,9-11,13-14H,6,8,12H2,1-5H3,(H2,21,22,23);1H. The van der Waals surface area contributed by atoms with Crippen LogP contribution in [0.5, 0.6) is 17.2 Å². The van der Waals surface area contributed by atoms with Gasteiger partial charge in [-0.25, -0.2) is 0 Å². The summed E-state index contributed by atoms with van der Waals surface area (Å²) in [5.41, 5.74) is 2.34. The highest BCUT2D eigenvalue weighted by molar-refractivity contribution is 14.0. The number of methoxy groups -OCH3 is 3. The van der Waals surface area contributed by atoms with Crippen LogP contribution in [0.3, 0.4) is 0 Å². The minimum absolute atomic E-state index is 0. The van der Waals surface area contributed by atoms with Crippen molar-refractivity contribution >= 4 is 41.3 Å². The molecule has 1 unspecified atom stereocenters. The van der Waals surface area contributed by atoms with Crippen molar-refractivity contribution in [2.75, 3.05) is 41.5 Å². The number of halogens is 1. The Morgan fingerprint density at radius 1 is 1.11 bits per heavy atom. The van der Waals surface area contributed by atoms with E-state index in [-0.39, 0.29) is 24.0 Å². The van der Waals surface area contributed by atoms with Gasteiger partial charge in [0.1, 0.15) is 17.2 Å². The largest absolute Gasteiger partial charge is 0.496 e. The van der Waals surface area contributed by atoms with Gasteiger partial charge in [0.15, 0.2) is 5.96 Å². The second kappa shape index (κ2) is 12.7. The normalized spacial score (nSPS) is 12.0. The first kappa shape index (κ1) is 24.4. The molecular weight excluding hydrogens is 489 g/mol. The summed E-state index contributed by atoms with van der Waals surface area (Å²) in [4.78, 5) is 4.30. The molecule has 1 aromatic carbocycles. The first-order valence-corrected chi connectivity index (χ1v) is 9.82. The van der Waals surface area contributed by atoms with Crippen LogP contribution in [0.4, 0.5) is 0 Å². The lowest BCUT2D eigenvalue weighted by Crippen LogP contribution is -2.39. The van der Waals surface area contributed by atoms with Crippen molar-refractivity contribution in [2.45, 2.75) is 19.3 Å². The van der Waals surface area contributed by atoms with Crippen molar-refractivity contribution in [1.82, 2.24) is 10.6 Å². The molecule has 0 aliphatic carbocycles. The maximum absolute atomic E-state index is 5.50. The Bertz CT molecular complexity index is 713. The molecule has 0 amide bonds. The first-order valence-electron chi connectivity index (χ1n) is 8.88. The molecule has 28 heavy (non-hydrogen) atoms. The molecule has 0 aliphatic heterocycles. The van der Waals surface area contributed by atoms with E-state index in [4.69, 9.17) is 14.2 Å². The van der Waals surface area contributed by atoms with Gasteiger partial charge in [-0.2, -0.15) is 11.3 Å². The van der Waals surface area contributed by atoms with E-state index >= 15 is 0 Å². The van der Waals surface area contributed by atoms with Crippen LogP contribution in [0, 0.1) is 0 Å². The third kappa shape index (κ3) is 6.73. The Balaban J connectivity index is 0.00000392. The average Bonchev–Trinajstić information content (AvgIpc) is 3.24. The van der Waals surface area contributed by atoms with Crippen molar-refractivity contribution in [2.24, 2.45) is 4.99 Å². The molecule has 1 atom stereocenters. The Morgan fingerprint density at radius 2 is 1.79 bits per heavy atom. The van der Waals surface area contributed by atoms with Crippen LogP contribution in [0.1, 0.15) is 24.0 Å². The zero-order valence-electron chi connectivity index (χ0n) is 17.1. The molecule has 0 fully saturated rings. The van der Waals surface area contributed by atoms with Crippen molar-refractivity contribution < 1.29 is 14.2 Å². The molecule has 2 aromatic rings. The van der Waals surface area contributed by atoms with Crippen LogP contribution >= 0.6 is 35.3 Å². The maximum atomic E-state index is 5.50. The number of rotatable bonds is 9. The van der Waals surface area contributed by atoms with Crippen molar-refractivity contribution in [3.8, 4) is 17.2 Å². The molecule has 2 N–H and O–H groups in total. The van der Waals surface area contributed by atoms with Gasteiger partial charge in [0.25, 0.3) is 0 Å². The molecule has 0 radical (unpaired) electrons. The summed E-state index contributed by atoms with van der Waals surface area (Å²) >= 11 is 1.72. The number of nitrogens with zero attached hydrogens (tertiary/aromatic N) is 1. The van der Waals surface area contributed by atoms with E-state index in [1.165, 1.54) is 5.56 Å². The second-order valence-electron chi connectivity index (χ2n) is 6.10. The highest BCUT2D eigenvalue weighted by Gasteiger charge is 2.13. The quantitative estimate of drug-likeness (QED) is 0.299. The molecule has 0 saturated heterocycles. The molecule has 0 aliphatic rings. The number of nitrogens with one attached hydrogen (secondary N) is 2. The number of aliphatic imine (C=N–C) groups is 1. The van der Waals surface area contributed by atoms with Crippen LogP contribution in [-0.2, 0) is 6.42 Å². The Hall–Kier alpha value is -1.68. The summed E-state index contributed by atoms with van der Waals surface area (Å²) in [6, 6.07) is 5.90. The molecule has 156 valence electrons. The SMILES string of the molecule is CN=C(NCCc1c(OC)cc(OC)cc1OC)NCC(C)c1ccsc1.I. The van der Waals surface area contributed by atoms with E-state index < -0.39 is 0 Å². The average molecular weight is 519 g/mol. The van der Waals surface area contributed by atoms with Gasteiger partial charge in [-0.15, -0.1) is 24.0 Å². The van der Waals surface area contributed by atoms with Gasteiger partial charge >= 0.3 is 0 Å². The van der Waals surface area contributed by atoms with Gasteiger partial charge in [0.2, 0.25) is 0 Å². The van der Waals surface area contributed by atoms with Crippen molar-refractivity contribution in [3.63, 3.8) is 0 Å². The van der Waals surface area contributed by atoms with E-state index in [0.29, 0.717) is 18.2 Å². The first-order chi connectivity index (χ1) is 13.1. The molecule has 6 nitrogen and oxygen atoms in total. The third-order valence-electron chi connectivity index (χ3n) is 4.40. The van der Waals surface area contributed by atoms with Gasteiger partial charge in [0, 0.05) is 37.8 Å². The van der Waals surface area contributed by atoms with Crippen LogP contribution in [0.15, 0.2) is 34.0 Å². The van der Waals surface area contributed by atoms with Gasteiger partial charge in [-0.05, 0) is 34.7 Å². The lowest BCUT2D eigenvalue weighted by molar-refractivity contribution is 0.368. The van der Waals surface area contributed by atoms with E-state index in [1.807, 2.05) is 12.1 Å². The highest BCUT2D eigenvalue weighted by Crippen LogP contribution is 2.34. The molecule has 1 heterocycles. The van der Waals surface area contributed by atoms with Gasteiger partial charge in [-0.1, -0.05) is 6.92 Å². The van der Waals surface area contributed by atoms with E-state index in [0.717, 1.165) is 36.0 Å². The third-order valence-corrected chi connectivity index (χ3v) is 5.10. The summed E-state index contributed by atoms with van der Waals surface area (Å²) in [6.45, 7) is 3.73. The van der Waals surface area contributed by atoms with Crippen LogP contribution < -0.4 is 24.8 Å². The second-order valence-corrected chi connectivity index (χ2v) is 6.88. The van der Waals surface area contributed by atoms with Gasteiger partial charge in [0.05, 0.1) is 21.3 Å². The summed E-state index contributed by atoms with van der Waals surface area (Å²) in [5, 5.41) is 11.0. The van der Waals surface area contributed by atoms with Crippen LogP contribution in [0.25, 0.3) is 0 Å². The van der Waals surface area contributed by atoms with Crippen molar-refractivity contribution in [1.29, 1.82) is 0 Å². The highest BCUT2D eigenvalue weighted by atomic mass is 127. The van der Waals surface area contributed by atoms with Gasteiger partial charge < -0.3 is 24.8 Å². The smallest absolute Gasteiger partial charge is 0.191 e. The number of ether oxygens (including phenoxy) is 3. The predicted octanol–water partition coefficient (Wildman–Crippen LogP) is 3.90. The predicted molar refractivity (Wildman–Crippen MR) is 127 cm³/mol. The number of hydrogen-bond acceptors (Lipinski definition) is 5. The zero-order chi connectivity index (χ0) is 19.6. The van der Waals surface area contributed by atoms with E-state index in [1.54, 1.807) is 39.7 Å². The van der Waals surface area contributed by atoms with Crippen molar-refractivity contribution in [3.05, 3.63) is 40.1 Å². The van der Waals surface area contributed by atoms with Crippen LogP contribution in [0.2, 0.25) is 0 Å². The lowest BCUT2D eigenvalue weighted by Gasteiger charge is -2.17. The molecular formula is C20H30IN3O3S. The minimum atomic E-state index is 0. The molecule has 2 rings (SSSR count). The lowest BCUT2D eigenvalue weighted by atomic mass is 10.1. The fraction of sp³-hybridized carbons (Fsp3) is 0.450. The summed E-state index contributed by atoms with van der Waals surface area (Å²) in [7, 11) is 6.70. The molecule has 0 bridgehead atoms. The van der Waals surface area contributed by atoms with Crippen LogP contribution in [-0.4, -0.2) is 47.4 Å². The molecule has 0 spiro atoms. The molecule has 1 aromatic heterocycles. The summed E-state index contributed by atoms with van der Waals surface area (Å²) < 4.78 is 16.3. The molecule has 8 heteroatoms. The number of hydrogen-bond donors (Lipinski definition) is 2. The number of thiophene rings is 1. The zero-order valence-corrected chi connectivity index (χ0v) is 20.2. The Morgan fingerprint density at radius 3 is 2.29 bits per heavy atom. The minimum Gasteiger partial charge on any atom is -0.496 e. The van der Waals surface area contributed by atoms with Gasteiger partial charge in [-0.3, -0.25) is 4.99 Å². The fourth-order valence-corrected chi connectivity index (χ4v) is 3.56. The Kier molecular flexibility index (Phi) is 11.1. The molecule has 0 saturated carbocycles. The number of benzene rings is 1. The maximum Gasteiger partial charge on any atom is 0.191 e. The van der Waals surface area contributed by atoms with E-state index in [2.05, 4.69) is 39.4 Å².